The predicted molar refractivity (Wildman–Crippen MR) is 122 cm³/mol. The van der Waals surface area contributed by atoms with Crippen LogP contribution in [0.1, 0.15) is 25.1 Å². The number of aromatic nitrogens is 4. The van der Waals surface area contributed by atoms with E-state index in [4.69, 9.17) is 9.57 Å². The standard InChI is InChI=1S/C23H24FN7O3/c1-14(31-8-7-27-29-31)22-13-30(23(32)33-22)16-4-5-18(19(24)9-16)15-3-6-20(26-11-15)21-10-17(12-25-2)34-28-21/h3-9,11,14,17,22,25H,10,12-13H2,1-2H3/t14?,17-,22+/m0/s1. The molecular weight excluding hydrogens is 441 g/mol. The SMILES string of the molecule is CNC[C@@H]1CC(c2ccc(-c3ccc(N4C[C@H](C(C)n5ccnn5)OC4=O)cc3F)cn2)=NO1. The fourth-order valence-electron chi connectivity index (χ4n) is 4.10. The third-order valence-electron chi connectivity index (χ3n) is 6.03. The summed E-state index contributed by atoms with van der Waals surface area (Å²) in [4.78, 5) is 23.7. The summed E-state index contributed by atoms with van der Waals surface area (Å²) in [6, 6.07) is 8.09. The highest BCUT2D eigenvalue weighted by molar-refractivity contribution is 5.99. The average Bonchev–Trinajstić information content (AvgIpc) is 3.60. The Labute approximate surface area is 195 Å². The molecular formula is C23H24FN7O3. The van der Waals surface area contributed by atoms with Crippen LogP contribution in [0, 0.1) is 5.82 Å². The summed E-state index contributed by atoms with van der Waals surface area (Å²) < 4.78 is 22.2. The quantitative estimate of drug-likeness (QED) is 0.572. The maximum atomic E-state index is 15.1. The lowest BCUT2D eigenvalue weighted by atomic mass is 10.0. The molecule has 0 bridgehead atoms. The van der Waals surface area contributed by atoms with E-state index < -0.39 is 18.0 Å². The second kappa shape index (κ2) is 9.18. The first kappa shape index (κ1) is 22.0. The van der Waals surface area contributed by atoms with Crippen molar-refractivity contribution in [3.05, 3.63) is 60.4 Å². The number of oxime groups is 1. The fraction of sp³-hybridized carbons (Fsp3) is 0.348. The Kier molecular flexibility index (Phi) is 5.93. The predicted octanol–water partition coefficient (Wildman–Crippen LogP) is 2.78. The van der Waals surface area contributed by atoms with E-state index >= 15 is 4.39 Å². The van der Waals surface area contributed by atoms with Crippen LogP contribution in [-0.4, -0.2) is 64.1 Å². The molecule has 0 spiro atoms. The summed E-state index contributed by atoms with van der Waals surface area (Å²) in [7, 11) is 1.86. The van der Waals surface area contributed by atoms with Gasteiger partial charge < -0.3 is 14.9 Å². The van der Waals surface area contributed by atoms with Gasteiger partial charge in [0.15, 0.2) is 0 Å². The number of hydrogen-bond donors (Lipinski definition) is 1. The minimum absolute atomic E-state index is 0.0115. The summed E-state index contributed by atoms with van der Waals surface area (Å²) in [6.07, 6.45) is 4.59. The van der Waals surface area contributed by atoms with Gasteiger partial charge in [-0.3, -0.25) is 9.88 Å². The second-order valence-corrected chi connectivity index (χ2v) is 8.28. The van der Waals surface area contributed by atoms with E-state index in [1.807, 2.05) is 14.0 Å². The highest BCUT2D eigenvalue weighted by Crippen LogP contribution is 2.31. The molecule has 11 heteroatoms. The zero-order valence-electron chi connectivity index (χ0n) is 18.8. The van der Waals surface area contributed by atoms with Crippen LogP contribution in [0.4, 0.5) is 14.9 Å². The number of pyridine rings is 1. The van der Waals surface area contributed by atoms with Crippen LogP contribution in [0.5, 0.6) is 0 Å². The van der Waals surface area contributed by atoms with Gasteiger partial charge in [-0.05, 0) is 38.2 Å². The first-order chi connectivity index (χ1) is 16.5. The van der Waals surface area contributed by atoms with Crippen LogP contribution in [0.25, 0.3) is 11.1 Å². The molecule has 1 amide bonds. The summed E-state index contributed by atoms with van der Waals surface area (Å²) in [5.74, 6) is -0.455. The van der Waals surface area contributed by atoms with Gasteiger partial charge in [-0.15, -0.1) is 5.10 Å². The van der Waals surface area contributed by atoms with Crippen molar-refractivity contribution in [2.45, 2.75) is 31.6 Å². The number of rotatable bonds is 7. The molecule has 176 valence electrons. The maximum Gasteiger partial charge on any atom is 0.414 e. The van der Waals surface area contributed by atoms with E-state index in [1.165, 1.54) is 11.0 Å². The van der Waals surface area contributed by atoms with Crippen molar-refractivity contribution in [3.8, 4) is 11.1 Å². The molecule has 3 aromatic rings. The van der Waals surface area contributed by atoms with Crippen molar-refractivity contribution in [1.29, 1.82) is 0 Å². The molecule has 1 saturated heterocycles. The molecule has 2 aliphatic rings. The van der Waals surface area contributed by atoms with E-state index in [-0.39, 0.29) is 18.7 Å². The normalized spacial score (nSPS) is 20.7. The molecule has 1 fully saturated rings. The van der Waals surface area contributed by atoms with E-state index in [2.05, 4.69) is 25.8 Å². The summed E-state index contributed by atoms with van der Waals surface area (Å²) in [5, 5.41) is 14.9. The van der Waals surface area contributed by atoms with Crippen molar-refractivity contribution < 1.29 is 18.8 Å². The molecule has 1 unspecified atom stereocenters. The van der Waals surface area contributed by atoms with Gasteiger partial charge in [0, 0.05) is 36.5 Å². The molecule has 1 N–H and O–H groups in total. The van der Waals surface area contributed by atoms with E-state index in [9.17, 15) is 4.79 Å². The topological polar surface area (TPSA) is 107 Å². The van der Waals surface area contributed by atoms with Crippen LogP contribution in [0.3, 0.4) is 0 Å². The minimum Gasteiger partial charge on any atom is -0.442 e. The zero-order chi connectivity index (χ0) is 23.7. The van der Waals surface area contributed by atoms with Crippen LogP contribution in [0.15, 0.2) is 54.1 Å². The van der Waals surface area contributed by atoms with Gasteiger partial charge in [0.2, 0.25) is 0 Å². The highest BCUT2D eigenvalue weighted by atomic mass is 19.1. The van der Waals surface area contributed by atoms with Crippen molar-refractivity contribution in [1.82, 2.24) is 25.3 Å². The zero-order valence-corrected chi connectivity index (χ0v) is 18.8. The molecule has 5 rings (SSSR count). The lowest BCUT2D eigenvalue weighted by molar-refractivity contribution is 0.0866. The summed E-state index contributed by atoms with van der Waals surface area (Å²) in [6.45, 7) is 2.88. The average molecular weight is 465 g/mol. The fourth-order valence-corrected chi connectivity index (χ4v) is 4.10. The van der Waals surface area contributed by atoms with Gasteiger partial charge in [-0.25, -0.2) is 13.9 Å². The number of likely N-dealkylation sites (N-methyl/N-ethyl adjacent to an activating group) is 1. The number of carbonyl (C=O) groups is 1. The lowest BCUT2D eigenvalue weighted by Gasteiger charge is -2.17. The molecule has 0 aliphatic carbocycles. The van der Waals surface area contributed by atoms with E-state index in [0.29, 0.717) is 35.5 Å². The number of benzene rings is 1. The molecule has 2 aromatic heterocycles. The number of hydrogen-bond acceptors (Lipinski definition) is 8. The van der Waals surface area contributed by atoms with Crippen LogP contribution < -0.4 is 10.2 Å². The minimum atomic E-state index is -0.522. The third kappa shape index (κ3) is 4.21. The first-order valence-electron chi connectivity index (χ1n) is 11.0. The number of nitrogens with zero attached hydrogens (tertiary/aromatic N) is 6. The van der Waals surface area contributed by atoms with Gasteiger partial charge >= 0.3 is 6.09 Å². The Morgan fingerprint density at radius 2 is 2.18 bits per heavy atom. The molecule has 34 heavy (non-hydrogen) atoms. The Morgan fingerprint density at radius 3 is 2.88 bits per heavy atom. The number of carbonyl (C=O) groups excluding carboxylic acids is 1. The van der Waals surface area contributed by atoms with Gasteiger partial charge in [0.05, 0.1) is 30.2 Å². The number of halogens is 1. The molecule has 0 saturated carbocycles. The van der Waals surface area contributed by atoms with E-state index in [1.54, 1.807) is 47.5 Å². The Balaban J connectivity index is 1.29. The van der Waals surface area contributed by atoms with Gasteiger partial charge in [0.25, 0.3) is 0 Å². The second-order valence-electron chi connectivity index (χ2n) is 8.28. The monoisotopic (exact) mass is 465 g/mol. The molecule has 4 heterocycles. The smallest absolute Gasteiger partial charge is 0.414 e. The number of anilines is 1. The molecule has 2 aliphatic heterocycles. The van der Waals surface area contributed by atoms with Crippen LogP contribution in [-0.2, 0) is 9.57 Å². The highest BCUT2D eigenvalue weighted by Gasteiger charge is 2.37. The molecule has 10 nitrogen and oxygen atoms in total. The molecule has 3 atom stereocenters. The molecule has 1 aromatic carbocycles. The van der Waals surface area contributed by atoms with Crippen LogP contribution in [0.2, 0.25) is 0 Å². The van der Waals surface area contributed by atoms with Gasteiger partial charge in [0.1, 0.15) is 23.7 Å². The third-order valence-corrected chi connectivity index (χ3v) is 6.03. The number of nitrogens with one attached hydrogen (secondary N) is 1. The summed E-state index contributed by atoms with van der Waals surface area (Å²) in [5.41, 5.74) is 2.91. The number of cyclic esters (lactones) is 1. The van der Waals surface area contributed by atoms with Crippen molar-refractivity contribution in [2.24, 2.45) is 5.16 Å². The number of ether oxygens (including phenoxy) is 1. The molecule has 0 radical (unpaired) electrons. The first-order valence-corrected chi connectivity index (χ1v) is 11.0. The Morgan fingerprint density at radius 1 is 1.29 bits per heavy atom. The van der Waals surface area contributed by atoms with Gasteiger partial charge in [-0.2, -0.15) is 0 Å². The van der Waals surface area contributed by atoms with E-state index in [0.717, 1.165) is 5.71 Å². The Bertz CT molecular complexity index is 1200. The van der Waals surface area contributed by atoms with Crippen molar-refractivity contribution in [3.63, 3.8) is 0 Å². The number of amides is 1. The van der Waals surface area contributed by atoms with Gasteiger partial charge in [-0.1, -0.05) is 16.4 Å². The van der Waals surface area contributed by atoms with Crippen molar-refractivity contribution >= 4 is 17.5 Å². The van der Waals surface area contributed by atoms with Crippen molar-refractivity contribution in [2.75, 3.05) is 25.0 Å². The summed E-state index contributed by atoms with van der Waals surface area (Å²) >= 11 is 0. The largest absolute Gasteiger partial charge is 0.442 e. The van der Waals surface area contributed by atoms with Crippen LogP contribution >= 0.6 is 0 Å². The maximum absolute atomic E-state index is 15.1. The lowest BCUT2D eigenvalue weighted by Crippen LogP contribution is -2.28. The Hall–Kier alpha value is -3.86.